The largest absolute Gasteiger partial charge is 0.301 e. The van der Waals surface area contributed by atoms with Gasteiger partial charge in [0.15, 0.2) is 0 Å². The van der Waals surface area contributed by atoms with E-state index in [-0.39, 0.29) is 0 Å². The highest BCUT2D eigenvalue weighted by molar-refractivity contribution is 5.80. The number of halogens is 1. The summed E-state index contributed by atoms with van der Waals surface area (Å²) in [6.45, 7) is 0. The third-order valence-electron chi connectivity index (χ3n) is 2.38. The number of hydrazone groups is 1. The summed E-state index contributed by atoms with van der Waals surface area (Å²) in [6, 6.07) is 2.31. The van der Waals surface area contributed by atoms with Crippen molar-refractivity contribution in [3.63, 3.8) is 0 Å². The van der Waals surface area contributed by atoms with E-state index >= 15 is 0 Å². The summed E-state index contributed by atoms with van der Waals surface area (Å²) < 4.78 is 35.9. The molecule has 0 bridgehead atoms. The van der Waals surface area contributed by atoms with E-state index in [2.05, 4.69) is 10.5 Å². The van der Waals surface area contributed by atoms with Crippen LogP contribution in [0.5, 0.6) is 0 Å². The van der Waals surface area contributed by atoms with Crippen LogP contribution in [0.4, 0.5) is 21.5 Å². The minimum absolute atomic E-state index is 0.306. The Morgan fingerprint density at radius 1 is 1.27 bits per heavy atom. The van der Waals surface area contributed by atoms with Gasteiger partial charge in [0, 0.05) is 6.04 Å². The topological polar surface area (TPSA) is 111 Å². The molecule has 9 heteroatoms. The number of nitro benzene ring substituents is 2. The summed E-state index contributed by atoms with van der Waals surface area (Å²) in [4.78, 5) is 19.8. The zero-order chi connectivity index (χ0) is 18.7. The quantitative estimate of drug-likeness (QED) is 0.518. The lowest BCUT2D eigenvalue weighted by molar-refractivity contribution is -0.393. The van der Waals surface area contributed by atoms with Gasteiger partial charge in [0.2, 0.25) is 0 Å². The van der Waals surface area contributed by atoms with E-state index in [4.69, 9.17) is 4.11 Å². The number of hydrogen-bond donors (Lipinski definition) is 1. The molecular formula is C13H9FN4O4. The Hall–Kier alpha value is -3.36. The van der Waals surface area contributed by atoms with Crippen molar-refractivity contribution in [1.82, 2.24) is 0 Å². The first-order chi connectivity index (χ1) is 11.7. The number of benzene rings is 2. The van der Waals surface area contributed by atoms with Gasteiger partial charge in [-0.2, -0.15) is 5.10 Å². The molecule has 0 amide bonds. The summed E-state index contributed by atoms with van der Waals surface area (Å²) in [6.07, 6.45) is 1.10. The van der Waals surface area contributed by atoms with Gasteiger partial charge in [0.05, 0.1) is 26.2 Å². The molecule has 0 heterocycles. The normalized spacial score (nSPS) is 12.5. The van der Waals surface area contributed by atoms with E-state index in [1.165, 1.54) is 18.2 Å². The standard InChI is InChI=1S/C13H9FN4O4/c14-10-3-1-2-9(6-10)8-15-16-12-5-4-11(17(19)20)7-13(12)18(21)22/h1-8,16H/b15-8+/i4D,5D,7D. The van der Waals surface area contributed by atoms with Gasteiger partial charge in [-0.1, -0.05) is 12.1 Å². The minimum Gasteiger partial charge on any atom is -0.272 e. The molecule has 22 heavy (non-hydrogen) atoms. The Morgan fingerprint density at radius 3 is 2.68 bits per heavy atom. The Balaban J connectivity index is 2.50. The molecule has 0 aliphatic rings. The first kappa shape index (κ1) is 11.3. The van der Waals surface area contributed by atoms with Crippen LogP contribution in [0, 0.1) is 26.0 Å². The van der Waals surface area contributed by atoms with Crippen molar-refractivity contribution < 1.29 is 18.3 Å². The van der Waals surface area contributed by atoms with E-state index in [0.29, 0.717) is 5.56 Å². The van der Waals surface area contributed by atoms with Crippen molar-refractivity contribution >= 4 is 23.3 Å². The van der Waals surface area contributed by atoms with Crippen molar-refractivity contribution in [1.29, 1.82) is 0 Å². The van der Waals surface area contributed by atoms with E-state index in [1.54, 1.807) is 0 Å². The average Bonchev–Trinajstić information content (AvgIpc) is 2.51. The zero-order valence-corrected chi connectivity index (χ0v) is 10.7. The van der Waals surface area contributed by atoms with Crippen molar-refractivity contribution in [3.8, 4) is 0 Å². The van der Waals surface area contributed by atoms with Crippen LogP contribution >= 0.6 is 0 Å². The second kappa shape index (κ2) is 6.39. The molecule has 0 aliphatic carbocycles. The Labute approximate surface area is 127 Å². The second-order valence-electron chi connectivity index (χ2n) is 3.89. The lowest BCUT2D eigenvalue weighted by Crippen LogP contribution is -1.98. The van der Waals surface area contributed by atoms with Crippen molar-refractivity contribution in [2.24, 2.45) is 5.10 Å². The van der Waals surface area contributed by atoms with E-state index in [9.17, 15) is 24.6 Å². The molecule has 0 aromatic heterocycles. The molecule has 0 saturated carbocycles. The summed E-state index contributed by atoms with van der Waals surface area (Å²) in [7, 11) is 0. The summed E-state index contributed by atoms with van der Waals surface area (Å²) in [5.41, 5.74) is -0.394. The highest BCUT2D eigenvalue weighted by Crippen LogP contribution is 2.28. The number of anilines is 1. The van der Waals surface area contributed by atoms with Crippen LogP contribution in [0.15, 0.2) is 47.5 Å². The fraction of sp³-hybridized carbons (Fsp3) is 0. The molecule has 2 rings (SSSR count). The van der Waals surface area contributed by atoms with Gasteiger partial charge in [-0.05, 0) is 23.7 Å². The van der Waals surface area contributed by atoms with Gasteiger partial charge in [-0.25, -0.2) is 4.39 Å². The van der Waals surface area contributed by atoms with Gasteiger partial charge in [-0.15, -0.1) is 0 Å². The Bertz CT molecular complexity index is 907. The first-order valence-electron chi connectivity index (χ1n) is 7.21. The van der Waals surface area contributed by atoms with Crippen molar-refractivity contribution in [2.75, 3.05) is 5.43 Å². The summed E-state index contributed by atoms with van der Waals surface area (Å²) >= 11 is 0. The maximum absolute atomic E-state index is 13.1. The SMILES string of the molecule is [2H]c1c([2H])c([N+](=O)[O-])c([2H])c([N+](=O)[O-])c1N/N=C/c1cccc(F)c1. The van der Waals surface area contributed by atoms with Gasteiger partial charge < -0.3 is 0 Å². The van der Waals surface area contributed by atoms with Crippen LogP contribution in [-0.4, -0.2) is 16.1 Å². The van der Waals surface area contributed by atoms with E-state index in [0.717, 1.165) is 12.3 Å². The number of hydrogen-bond acceptors (Lipinski definition) is 6. The molecule has 0 aliphatic heterocycles. The molecule has 2 aromatic carbocycles. The lowest BCUT2D eigenvalue weighted by atomic mass is 10.2. The molecule has 0 radical (unpaired) electrons. The van der Waals surface area contributed by atoms with Gasteiger partial charge >= 0.3 is 5.69 Å². The molecular weight excluding hydrogens is 295 g/mol. The Morgan fingerprint density at radius 2 is 2.05 bits per heavy atom. The smallest absolute Gasteiger partial charge is 0.272 e. The molecule has 1 N–H and O–H groups in total. The number of nitrogens with zero attached hydrogens (tertiary/aromatic N) is 3. The summed E-state index contributed by atoms with van der Waals surface area (Å²) in [5, 5.41) is 25.6. The van der Waals surface area contributed by atoms with Gasteiger partial charge in [0.25, 0.3) is 5.69 Å². The van der Waals surface area contributed by atoms with Crippen LogP contribution in [0.2, 0.25) is 0 Å². The maximum Gasteiger partial charge on any atom is 0.301 e. The molecule has 112 valence electrons. The van der Waals surface area contributed by atoms with Gasteiger partial charge in [0.1, 0.15) is 11.5 Å². The zero-order valence-electron chi connectivity index (χ0n) is 13.7. The maximum atomic E-state index is 13.1. The van der Waals surface area contributed by atoms with Crippen molar-refractivity contribution in [3.05, 3.63) is 74.0 Å². The third-order valence-corrected chi connectivity index (χ3v) is 2.38. The third kappa shape index (κ3) is 3.60. The molecule has 8 nitrogen and oxygen atoms in total. The minimum atomic E-state index is -1.14. The Kier molecular flexibility index (Phi) is 3.29. The number of nitrogens with one attached hydrogen (secondary N) is 1. The highest BCUT2D eigenvalue weighted by Gasteiger charge is 2.18. The van der Waals surface area contributed by atoms with E-state index < -0.39 is 50.9 Å². The fourth-order valence-corrected chi connectivity index (χ4v) is 1.45. The molecule has 0 unspecified atom stereocenters. The second-order valence-corrected chi connectivity index (χ2v) is 3.89. The number of rotatable bonds is 5. The van der Waals surface area contributed by atoms with Crippen molar-refractivity contribution in [2.45, 2.75) is 0 Å². The van der Waals surface area contributed by atoms with Crippen LogP contribution in [0.1, 0.15) is 9.68 Å². The highest BCUT2D eigenvalue weighted by atomic mass is 19.1. The molecule has 0 fully saturated rings. The van der Waals surface area contributed by atoms with Gasteiger partial charge in [-0.3, -0.25) is 25.7 Å². The fourth-order valence-electron chi connectivity index (χ4n) is 1.45. The van der Waals surface area contributed by atoms with Crippen LogP contribution < -0.4 is 5.43 Å². The molecule has 0 atom stereocenters. The van der Waals surface area contributed by atoms with Crippen LogP contribution in [-0.2, 0) is 0 Å². The predicted molar refractivity (Wildman–Crippen MR) is 77.4 cm³/mol. The summed E-state index contributed by atoms with van der Waals surface area (Å²) in [5.74, 6) is -0.534. The molecule has 2 aromatic rings. The lowest BCUT2D eigenvalue weighted by Gasteiger charge is -2.01. The first-order valence-corrected chi connectivity index (χ1v) is 5.71. The average molecular weight is 307 g/mol. The van der Waals surface area contributed by atoms with Crippen LogP contribution in [0.3, 0.4) is 0 Å². The molecule has 0 spiro atoms. The predicted octanol–water partition coefficient (Wildman–Crippen LogP) is 3.09. The van der Waals surface area contributed by atoms with E-state index in [1.807, 2.05) is 0 Å². The van der Waals surface area contributed by atoms with Crippen LogP contribution in [0.25, 0.3) is 0 Å². The number of nitro groups is 2. The molecule has 0 saturated heterocycles. The monoisotopic (exact) mass is 307 g/mol.